The van der Waals surface area contributed by atoms with Gasteiger partial charge in [0.05, 0.1) is 11.3 Å². The molecule has 0 aromatic heterocycles. The van der Waals surface area contributed by atoms with Crippen LogP contribution < -0.4 is 0 Å². The van der Waals surface area contributed by atoms with Crippen LogP contribution in [0.5, 0.6) is 0 Å². The number of carbonyl (C=O) groups is 1. The summed E-state index contributed by atoms with van der Waals surface area (Å²) >= 11 is -1.28. The molecule has 0 aliphatic heterocycles. The van der Waals surface area contributed by atoms with Crippen LogP contribution in [0.2, 0.25) is 0 Å². The van der Waals surface area contributed by atoms with Crippen molar-refractivity contribution >= 4 is 23.0 Å². The Bertz CT molecular complexity index is 561. The Morgan fingerprint density at radius 3 is 2.65 bits per heavy atom. The second-order valence-electron chi connectivity index (χ2n) is 5.93. The van der Waals surface area contributed by atoms with Crippen molar-refractivity contribution < 1.29 is 14.5 Å². The van der Waals surface area contributed by atoms with E-state index in [1.165, 1.54) is 0 Å². The molecule has 1 N–H and O–H groups in total. The first kappa shape index (κ1) is 15.1. The first-order valence-corrected chi connectivity index (χ1v) is 7.76. The Balaban J connectivity index is 2.38. The van der Waals surface area contributed by atoms with Crippen LogP contribution in [0.4, 0.5) is 0 Å². The molecule has 108 valence electrons. The van der Waals surface area contributed by atoms with E-state index >= 15 is 0 Å². The Morgan fingerprint density at radius 2 is 2.05 bits per heavy atom. The highest BCUT2D eigenvalue weighted by molar-refractivity contribution is 7.91. The lowest BCUT2D eigenvalue weighted by atomic mass is 9.89. The van der Waals surface area contributed by atoms with Gasteiger partial charge in [-0.25, -0.2) is 4.79 Å². The number of benzene rings is 1. The smallest absolute Gasteiger partial charge is 0.335 e. The zero-order valence-electron chi connectivity index (χ0n) is 12.0. The lowest BCUT2D eigenvalue weighted by Gasteiger charge is -2.22. The number of aryl methyl sites for hydroxylation is 1. The van der Waals surface area contributed by atoms with Gasteiger partial charge in [0, 0.05) is 5.56 Å². The minimum Gasteiger partial charge on any atom is -0.591 e. The number of hydrogen-bond acceptors (Lipinski definition) is 3. The van der Waals surface area contributed by atoms with Crippen LogP contribution >= 0.6 is 0 Å². The van der Waals surface area contributed by atoms with Crippen molar-refractivity contribution in [1.82, 2.24) is 0 Å². The third-order valence-electron chi connectivity index (χ3n) is 3.24. The van der Waals surface area contributed by atoms with E-state index in [0.717, 1.165) is 36.1 Å². The fourth-order valence-electron chi connectivity index (χ4n) is 2.13. The van der Waals surface area contributed by atoms with E-state index in [4.69, 9.17) is 5.11 Å². The summed E-state index contributed by atoms with van der Waals surface area (Å²) in [5.74, 6) is -0.921. The molecule has 2 rings (SSSR count). The number of hydrogen-bond donors (Lipinski definition) is 1. The highest BCUT2D eigenvalue weighted by Crippen LogP contribution is 2.26. The van der Waals surface area contributed by atoms with E-state index in [1.54, 1.807) is 18.2 Å². The molecule has 0 unspecified atom stereocenters. The zero-order valence-corrected chi connectivity index (χ0v) is 12.8. The van der Waals surface area contributed by atoms with Gasteiger partial charge in [0.1, 0.15) is 16.1 Å². The predicted octanol–water partition coefficient (Wildman–Crippen LogP) is 2.97. The standard InChI is InChI=1S/C15H19NO3S/c1-15(2,3)20(19)16-13-6-4-5-10-9-11(14(17)18)7-8-12(10)13/h7-9H,4-6H2,1-3H3,(H,17,18)/t20-/m1/s1. The van der Waals surface area contributed by atoms with Crippen LogP contribution in [0.15, 0.2) is 22.6 Å². The Hall–Kier alpha value is -1.33. The molecular weight excluding hydrogens is 274 g/mol. The summed E-state index contributed by atoms with van der Waals surface area (Å²) in [7, 11) is 0. The van der Waals surface area contributed by atoms with Gasteiger partial charge >= 0.3 is 5.97 Å². The van der Waals surface area contributed by atoms with E-state index in [1.807, 2.05) is 20.8 Å². The van der Waals surface area contributed by atoms with Crippen LogP contribution in [0.3, 0.4) is 0 Å². The molecule has 1 aromatic carbocycles. The molecule has 0 bridgehead atoms. The Labute approximate surface area is 122 Å². The average Bonchev–Trinajstić information content (AvgIpc) is 2.37. The maximum atomic E-state index is 12.1. The van der Waals surface area contributed by atoms with Crippen LogP contribution in [-0.4, -0.2) is 26.1 Å². The van der Waals surface area contributed by atoms with E-state index in [9.17, 15) is 9.35 Å². The fourth-order valence-corrected chi connectivity index (χ4v) is 2.79. The highest BCUT2D eigenvalue weighted by Gasteiger charge is 2.28. The summed E-state index contributed by atoms with van der Waals surface area (Å²) < 4.78 is 16.1. The van der Waals surface area contributed by atoms with E-state index < -0.39 is 17.3 Å². The van der Waals surface area contributed by atoms with Crippen molar-refractivity contribution in [1.29, 1.82) is 0 Å². The van der Waals surface area contributed by atoms with Crippen molar-refractivity contribution in [3.8, 4) is 0 Å². The first-order chi connectivity index (χ1) is 9.29. The molecule has 0 fully saturated rings. The third-order valence-corrected chi connectivity index (χ3v) is 4.67. The zero-order chi connectivity index (χ0) is 14.9. The normalized spacial score (nSPS) is 18.7. The quantitative estimate of drug-likeness (QED) is 0.852. The number of rotatable bonds is 2. The van der Waals surface area contributed by atoms with E-state index in [0.29, 0.717) is 5.56 Å². The van der Waals surface area contributed by atoms with Gasteiger partial charge in [0.15, 0.2) is 0 Å². The van der Waals surface area contributed by atoms with Crippen molar-refractivity contribution in [3.63, 3.8) is 0 Å². The molecular formula is C15H19NO3S. The van der Waals surface area contributed by atoms with Gasteiger partial charge in [-0.05, 0) is 57.7 Å². The van der Waals surface area contributed by atoms with Gasteiger partial charge < -0.3 is 9.66 Å². The number of carboxylic acid groups (broad SMARTS) is 1. The molecule has 0 spiro atoms. The maximum Gasteiger partial charge on any atom is 0.335 e. The summed E-state index contributed by atoms with van der Waals surface area (Å²) in [6.45, 7) is 5.68. The minimum atomic E-state index is -1.28. The molecule has 0 saturated heterocycles. The van der Waals surface area contributed by atoms with Gasteiger partial charge in [-0.3, -0.25) is 0 Å². The second-order valence-corrected chi connectivity index (χ2v) is 7.84. The Kier molecular flexibility index (Phi) is 4.20. The van der Waals surface area contributed by atoms with Gasteiger partial charge in [-0.15, -0.1) is 0 Å². The largest absolute Gasteiger partial charge is 0.591 e. The monoisotopic (exact) mass is 293 g/mol. The third kappa shape index (κ3) is 3.22. The average molecular weight is 293 g/mol. The number of nitrogens with zero attached hydrogens (tertiary/aromatic N) is 1. The molecule has 0 radical (unpaired) electrons. The van der Waals surface area contributed by atoms with Gasteiger partial charge in [-0.1, -0.05) is 10.5 Å². The van der Waals surface area contributed by atoms with Gasteiger partial charge in [-0.2, -0.15) is 0 Å². The summed E-state index contributed by atoms with van der Waals surface area (Å²) in [6.07, 6.45) is 2.55. The number of aromatic carboxylic acids is 1. The molecule has 0 saturated carbocycles. The molecule has 1 aliphatic rings. The van der Waals surface area contributed by atoms with Crippen LogP contribution in [0, 0.1) is 0 Å². The summed E-state index contributed by atoms with van der Waals surface area (Å²) in [5, 5.41) is 9.03. The first-order valence-electron chi connectivity index (χ1n) is 6.65. The fraction of sp³-hybridized carbons (Fsp3) is 0.467. The van der Waals surface area contributed by atoms with Gasteiger partial charge in [0.2, 0.25) is 0 Å². The summed E-state index contributed by atoms with van der Waals surface area (Å²) in [4.78, 5) is 11.0. The van der Waals surface area contributed by atoms with Crippen LogP contribution in [0.1, 0.15) is 55.1 Å². The number of carboxylic acids is 1. The SMILES string of the molecule is CC(C)(C)[S@@+]([O-])N=C1CCCc2cc(C(=O)O)ccc21. The molecule has 1 aliphatic carbocycles. The lowest BCUT2D eigenvalue weighted by Crippen LogP contribution is -2.27. The van der Waals surface area contributed by atoms with E-state index in [-0.39, 0.29) is 4.75 Å². The predicted molar refractivity (Wildman–Crippen MR) is 80.8 cm³/mol. The molecule has 0 amide bonds. The minimum absolute atomic E-state index is 0.293. The maximum absolute atomic E-state index is 12.1. The van der Waals surface area contributed by atoms with Gasteiger partial charge in [0.25, 0.3) is 0 Å². The lowest BCUT2D eigenvalue weighted by molar-refractivity contribution is 0.0696. The highest BCUT2D eigenvalue weighted by atomic mass is 32.2. The molecule has 5 heteroatoms. The summed E-state index contributed by atoms with van der Waals surface area (Å²) in [5.41, 5.74) is 3.05. The molecule has 20 heavy (non-hydrogen) atoms. The molecule has 1 atom stereocenters. The van der Waals surface area contributed by atoms with Crippen molar-refractivity contribution in [3.05, 3.63) is 34.9 Å². The van der Waals surface area contributed by atoms with Crippen LogP contribution in [0.25, 0.3) is 0 Å². The molecule has 1 aromatic rings. The van der Waals surface area contributed by atoms with Crippen molar-refractivity contribution in [2.75, 3.05) is 0 Å². The van der Waals surface area contributed by atoms with Crippen LogP contribution in [-0.2, 0) is 17.8 Å². The topological polar surface area (TPSA) is 72.7 Å². The Morgan fingerprint density at radius 1 is 1.35 bits per heavy atom. The van der Waals surface area contributed by atoms with Crippen molar-refractivity contribution in [2.45, 2.75) is 44.8 Å². The molecule has 0 heterocycles. The number of fused-ring (bicyclic) bond motifs is 1. The van der Waals surface area contributed by atoms with Crippen molar-refractivity contribution in [2.24, 2.45) is 4.40 Å². The molecule has 4 nitrogen and oxygen atoms in total. The van der Waals surface area contributed by atoms with E-state index in [2.05, 4.69) is 4.40 Å². The second kappa shape index (κ2) is 5.58. The summed E-state index contributed by atoms with van der Waals surface area (Å²) in [6, 6.07) is 5.07.